The lowest BCUT2D eigenvalue weighted by Gasteiger charge is -2.19. The van der Waals surface area contributed by atoms with Crippen LogP contribution in [0.3, 0.4) is 0 Å². The Hall–Kier alpha value is -4.28. The monoisotopic (exact) mass is 510 g/mol. The SMILES string of the molecule is O=C1CCc2c(Oc3ccc4c(c3)[C@H]3[C@@H](NC(=O)NCc5ccccc5C(F)(F)F)[C@H]3O4)ccnc2N1. The van der Waals surface area contributed by atoms with Gasteiger partial charge in [0.25, 0.3) is 0 Å². The van der Waals surface area contributed by atoms with Gasteiger partial charge in [-0.1, -0.05) is 18.2 Å². The molecule has 0 bridgehead atoms. The molecule has 1 saturated carbocycles. The number of amides is 3. The molecule has 3 amide bonds. The summed E-state index contributed by atoms with van der Waals surface area (Å²) in [7, 11) is 0. The zero-order valence-electron chi connectivity index (χ0n) is 19.3. The van der Waals surface area contributed by atoms with E-state index in [2.05, 4.69) is 20.9 Å². The van der Waals surface area contributed by atoms with Gasteiger partial charge >= 0.3 is 12.2 Å². The van der Waals surface area contributed by atoms with Crippen LogP contribution in [0.2, 0.25) is 0 Å². The van der Waals surface area contributed by atoms with Gasteiger partial charge in [-0.2, -0.15) is 13.2 Å². The first-order valence-electron chi connectivity index (χ1n) is 11.7. The Kier molecular flexibility index (Phi) is 5.43. The third-order valence-electron chi connectivity index (χ3n) is 6.72. The summed E-state index contributed by atoms with van der Waals surface area (Å²) in [5.41, 5.74) is 0.918. The number of halogens is 3. The molecule has 6 rings (SSSR count). The lowest BCUT2D eigenvalue weighted by molar-refractivity contribution is -0.138. The number of nitrogens with zero attached hydrogens (tertiary/aromatic N) is 1. The maximum absolute atomic E-state index is 13.2. The number of hydrogen-bond donors (Lipinski definition) is 3. The minimum absolute atomic E-state index is 0.0117. The van der Waals surface area contributed by atoms with Crippen LogP contribution < -0.4 is 25.4 Å². The van der Waals surface area contributed by atoms with Crippen LogP contribution in [-0.2, 0) is 23.9 Å². The number of alkyl halides is 3. The molecule has 1 fully saturated rings. The Morgan fingerprint density at radius 2 is 2.00 bits per heavy atom. The van der Waals surface area contributed by atoms with Gasteiger partial charge in [-0.05, 0) is 42.3 Å². The fraction of sp³-hybridized carbons (Fsp3) is 0.269. The highest BCUT2D eigenvalue weighted by Crippen LogP contribution is 2.54. The number of carbonyl (C=O) groups is 2. The fourth-order valence-electron chi connectivity index (χ4n) is 4.89. The molecule has 2 aliphatic heterocycles. The van der Waals surface area contributed by atoms with E-state index in [1.807, 2.05) is 6.07 Å². The third-order valence-corrected chi connectivity index (χ3v) is 6.72. The van der Waals surface area contributed by atoms with E-state index in [9.17, 15) is 22.8 Å². The molecule has 3 N–H and O–H groups in total. The van der Waals surface area contributed by atoms with Gasteiger partial charge in [0.2, 0.25) is 5.91 Å². The molecule has 0 spiro atoms. The number of ether oxygens (including phenoxy) is 2. The standard InChI is InChI=1S/C26H21F3N4O4/c27-26(28,29)17-4-2-1-3-13(17)12-31-25(35)33-22-21-16-11-14(5-7-18(16)37-23(21)22)36-19-9-10-30-24-15(19)6-8-20(34)32-24/h1-5,7,9-11,21-23H,6,8,12H2,(H,30,32,34)(H2,31,33,35)/t21-,22+,23-/m0/s1. The minimum Gasteiger partial charge on any atom is -0.487 e. The highest BCUT2D eigenvalue weighted by Gasteiger charge is 2.59. The molecule has 2 aromatic carbocycles. The molecule has 1 aliphatic carbocycles. The molecule has 190 valence electrons. The summed E-state index contributed by atoms with van der Waals surface area (Å²) in [6.45, 7) is -0.254. The third kappa shape index (κ3) is 4.41. The predicted molar refractivity (Wildman–Crippen MR) is 125 cm³/mol. The number of aromatic nitrogens is 1. The normalized spacial score (nSPS) is 21.1. The van der Waals surface area contributed by atoms with Crippen molar-refractivity contribution in [1.82, 2.24) is 15.6 Å². The van der Waals surface area contributed by atoms with E-state index in [0.717, 1.165) is 17.2 Å². The van der Waals surface area contributed by atoms with E-state index in [1.54, 1.807) is 24.4 Å². The van der Waals surface area contributed by atoms with Gasteiger partial charge in [-0.15, -0.1) is 0 Å². The first-order chi connectivity index (χ1) is 17.8. The number of pyridine rings is 1. The second-order valence-electron chi connectivity index (χ2n) is 9.10. The van der Waals surface area contributed by atoms with E-state index < -0.39 is 17.8 Å². The van der Waals surface area contributed by atoms with Gasteiger partial charge in [-0.25, -0.2) is 9.78 Å². The maximum atomic E-state index is 13.2. The first kappa shape index (κ1) is 23.1. The highest BCUT2D eigenvalue weighted by molar-refractivity contribution is 5.93. The van der Waals surface area contributed by atoms with Crippen LogP contribution in [0.1, 0.15) is 34.6 Å². The van der Waals surface area contributed by atoms with E-state index >= 15 is 0 Å². The minimum atomic E-state index is -4.50. The van der Waals surface area contributed by atoms with Crippen molar-refractivity contribution in [3.63, 3.8) is 0 Å². The zero-order chi connectivity index (χ0) is 25.7. The summed E-state index contributed by atoms with van der Waals surface area (Å²) in [6, 6.07) is 11.4. The lowest BCUT2D eigenvalue weighted by atomic mass is 10.1. The number of urea groups is 1. The van der Waals surface area contributed by atoms with Crippen LogP contribution >= 0.6 is 0 Å². The number of hydrogen-bond acceptors (Lipinski definition) is 5. The summed E-state index contributed by atoms with van der Waals surface area (Å²) in [6.07, 6.45) is -2.30. The average molecular weight is 510 g/mol. The maximum Gasteiger partial charge on any atom is 0.416 e. The number of anilines is 1. The van der Waals surface area contributed by atoms with E-state index in [-0.39, 0.29) is 36.1 Å². The van der Waals surface area contributed by atoms with Crippen LogP contribution in [0, 0.1) is 0 Å². The van der Waals surface area contributed by atoms with Crippen LogP contribution in [0.25, 0.3) is 0 Å². The number of rotatable bonds is 5. The van der Waals surface area contributed by atoms with Crippen molar-refractivity contribution in [2.24, 2.45) is 0 Å². The van der Waals surface area contributed by atoms with Crippen molar-refractivity contribution in [2.75, 3.05) is 5.32 Å². The molecule has 1 aromatic heterocycles. The summed E-state index contributed by atoms with van der Waals surface area (Å²) in [5, 5.41) is 8.04. The van der Waals surface area contributed by atoms with Gasteiger partial charge < -0.3 is 25.4 Å². The first-order valence-corrected chi connectivity index (χ1v) is 11.7. The van der Waals surface area contributed by atoms with Crippen LogP contribution in [-0.4, -0.2) is 29.1 Å². The molecule has 3 atom stereocenters. The van der Waals surface area contributed by atoms with Gasteiger partial charge in [0.05, 0.1) is 17.5 Å². The lowest BCUT2D eigenvalue weighted by Crippen LogP contribution is -2.39. The average Bonchev–Trinajstić information content (AvgIpc) is 3.38. The second kappa shape index (κ2) is 8.68. The highest BCUT2D eigenvalue weighted by atomic mass is 19.4. The molecule has 3 aliphatic rings. The molecule has 3 aromatic rings. The number of carbonyl (C=O) groups excluding carboxylic acids is 2. The molecular weight excluding hydrogens is 489 g/mol. The topological polar surface area (TPSA) is 102 Å². The van der Waals surface area contributed by atoms with Gasteiger partial charge in [-0.3, -0.25) is 4.79 Å². The summed E-state index contributed by atoms with van der Waals surface area (Å²) in [5.74, 6) is 2.20. The van der Waals surface area contributed by atoms with Gasteiger partial charge in [0.15, 0.2) is 0 Å². The van der Waals surface area contributed by atoms with E-state index in [0.29, 0.717) is 35.9 Å². The Morgan fingerprint density at radius 1 is 1.16 bits per heavy atom. The molecular formula is C26H21F3N4O4. The Labute approximate surface area is 209 Å². The van der Waals surface area contributed by atoms with Crippen LogP contribution in [0.5, 0.6) is 17.2 Å². The summed E-state index contributed by atoms with van der Waals surface area (Å²) >= 11 is 0. The molecule has 11 heteroatoms. The van der Waals surface area contributed by atoms with Gasteiger partial charge in [0, 0.05) is 30.3 Å². The zero-order valence-corrected chi connectivity index (χ0v) is 19.3. The van der Waals surface area contributed by atoms with Crippen molar-refractivity contribution < 1.29 is 32.2 Å². The molecule has 3 heterocycles. The molecule has 0 unspecified atom stereocenters. The van der Waals surface area contributed by atoms with Crippen molar-refractivity contribution in [1.29, 1.82) is 0 Å². The van der Waals surface area contributed by atoms with E-state index in [1.165, 1.54) is 18.2 Å². The molecule has 37 heavy (non-hydrogen) atoms. The van der Waals surface area contributed by atoms with Crippen molar-refractivity contribution in [2.45, 2.75) is 43.6 Å². The van der Waals surface area contributed by atoms with Crippen molar-refractivity contribution in [3.05, 3.63) is 77.0 Å². The predicted octanol–water partition coefficient (Wildman–Crippen LogP) is 4.50. The van der Waals surface area contributed by atoms with Gasteiger partial charge in [0.1, 0.15) is 29.2 Å². The molecule has 8 nitrogen and oxygen atoms in total. The Balaban J connectivity index is 1.10. The Morgan fingerprint density at radius 3 is 2.84 bits per heavy atom. The quantitative estimate of drug-likeness (QED) is 0.469. The molecule has 0 radical (unpaired) electrons. The van der Waals surface area contributed by atoms with E-state index in [4.69, 9.17) is 9.47 Å². The number of fused-ring (bicyclic) bond motifs is 4. The van der Waals surface area contributed by atoms with Crippen molar-refractivity contribution in [3.8, 4) is 17.2 Å². The van der Waals surface area contributed by atoms with Crippen molar-refractivity contribution >= 4 is 17.8 Å². The van der Waals surface area contributed by atoms with Crippen LogP contribution in [0.15, 0.2) is 54.7 Å². The summed E-state index contributed by atoms with van der Waals surface area (Å²) in [4.78, 5) is 28.3. The fourth-order valence-corrected chi connectivity index (χ4v) is 4.89. The second-order valence-corrected chi connectivity index (χ2v) is 9.10. The number of benzene rings is 2. The smallest absolute Gasteiger partial charge is 0.416 e. The Bertz CT molecular complexity index is 1410. The largest absolute Gasteiger partial charge is 0.487 e. The molecule has 0 saturated heterocycles. The van der Waals surface area contributed by atoms with Crippen LogP contribution in [0.4, 0.5) is 23.8 Å². The number of nitrogens with one attached hydrogen (secondary N) is 3. The summed E-state index contributed by atoms with van der Waals surface area (Å²) < 4.78 is 51.6.